The van der Waals surface area contributed by atoms with Crippen molar-refractivity contribution < 1.29 is 0 Å². The SMILES string of the molecule is CC1(c2ccccn2)CCCCC1. The lowest BCUT2D eigenvalue weighted by Crippen LogP contribution is -2.25. The van der Waals surface area contributed by atoms with Crippen molar-refractivity contribution in [3.8, 4) is 0 Å². The maximum atomic E-state index is 4.47. The van der Waals surface area contributed by atoms with Gasteiger partial charge in [-0.15, -0.1) is 0 Å². The summed E-state index contributed by atoms with van der Waals surface area (Å²) >= 11 is 0. The van der Waals surface area contributed by atoms with Crippen molar-refractivity contribution in [2.45, 2.75) is 44.4 Å². The minimum Gasteiger partial charge on any atom is -0.261 e. The van der Waals surface area contributed by atoms with E-state index in [2.05, 4.69) is 24.0 Å². The summed E-state index contributed by atoms with van der Waals surface area (Å²) in [6.07, 6.45) is 8.67. The maximum Gasteiger partial charge on any atom is 0.0462 e. The molecule has 1 aliphatic rings. The molecule has 0 N–H and O–H groups in total. The Morgan fingerprint density at radius 2 is 1.92 bits per heavy atom. The molecule has 1 aromatic rings. The Labute approximate surface area is 80.2 Å². The first-order valence-electron chi connectivity index (χ1n) is 5.23. The molecule has 1 saturated carbocycles. The van der Waals surface area contributed by atoms with Crippen LogP contribution < -0.4 is 0 Å². The molecule has 1 heteroatoms. The molecule has 1 heterocycles. The Hall–Kier alpha value is -0.850. The molecule has 0 radical (unpaired) electrons. The molecular weight excluding hydrogens is 158 g/mol. The van der Waals surface area contributed by atoms with Crippen molar-refractivity contribution in [1.82, 2.24) is 4.98 Å². The molecule has 0 atom stereocenters. The molecule has 1 fully saturated rings. The van der Waals surface area contributed by atoms with Crippen molar-refractivity contribution in [2.24, 2.45) is 0 Å². The van der Waals surface area contributed by atoms with Crippen LogP contribution in [0.25, 0.3) is 0 Å². The van der Waals surface area contributed by atoms with Crippen LogP contribution >= 0.6 is 0 Å². The average Bonchev–Trinajstić information content (AvgIpc) is 2.20. The van der Waals surface area contributed by atoms with E-state index in [1.165, 1.54) is 37.8 Å². The van der Waals surface area contributed by atoms with E-state index in [1.807, 2.05) is 12.3 Å². The molecule has 13 heavy (non-hydrogen) atoms. The van der Waals surface area contributed by atoms with Gasteiger partial charge in [-0.05, 0) is 25.0 Å². The van der Waals surface area contributed by atoms with Gasteiger partial charge in [0.2, 0.25) is 0 Å². The van der Waals surface area contributed by atoms with Gasteiger partial charge >= 0.3 is 0 Å². The van der Waals surface area contributed by atoms with Crippen LogP contribution in [0.3, 0.4) is 0 Å². The van der Waals surface area contributed by atoms with Gasteiger partial charge in [0.05, 0.1) is 0 Å². The van der Waals surface area contributed by atoms with Gasteiger partial charge in [0.15, 0.2) is 0 Å². The van der Waals surface area contributed by atoms with Crippen LogP contribution in [0, 0.1) is 0 Å². The van der Waals surface area contributed by atoms with E-state index in [-0.39, 0.29) is 0 Å². The van der Waals surface area contributed by atoms with Gasteiger partial charge in [-0.25, -0.2) is 0 Å². The van der Waals surface area contributed by atoms with Crippen molar-refractivity contribution in [3.05, 3.63) is 30.1 Å². The number of hydrogen-bond donors (Lipinski definition) is 0. The molecule has 70 valence electrons. The summed E-state index contributed by atoms with van der Waals surface area (Å²) in [7, 11) is 0. The monoisotopic (exact) mass is 175 g/mol. The van der Waals surface area contributed by atoms with Crippen molar-refractivity contribution >= 4 is 0 Å². The largest absolute Gasteiger partial charge is 0.261 e. The third kappa shape index (κ3) is 1.74. The number of hydrogen-bond acceptors (Lipinski definition) is 1. The van der Waals surface area contributed by atoms with Gasteiger partial charge in [0, 0.05) is 17.3 Å². The third-order valence-corrected chi connectivity index (χ3v) is 3.24. The summed E-state index contributed by atoms with van der Waals surface area (Å²) in [6, 6.07) is 6.27. The van der Waals surface area contributed by atoms with E-state index in [0.717, 1.165) is 0 Å². The highest BCUT2D eigenvalue weighted by Gasteiger charge is 2.29. The van der Waals surface area contributed by atoms with Gasteiger partial charge in [0.1, 0.15) is 0 Å². The molecule has 1 nitrogen and oxygen atoms in total. The molecule has 0 unspecified atom stereocenters. The van der Waals surface area contributed by atoms with Gasteiger partial charge in [-0.1, -0.05) is 32.3 Å². The van der Waals surface area contributed by atoms with E-state index in [9.17, 15) is 0 Å². The zero-order valence-electron chi connectivity index (χ0n) is 8.29. The van der Waals surface area contributed by atoms with E-state index in [1.54, 1.807) is 0 Å². The molecule has 0 bridgehead atoms. The van der Waals surface area contributed by atoms with Crippen LogP contribution in [-0.2, 0) is 5.41 Å². The van der Waals surface area contributed by atoms with Gasteiger partial charge in [0.25, 0.3) is 0 Å². The lowest BCUT2D eigenvalue weighted by atomic mass is 9.73. The van der Waals surface area contributed by atoms with E-state index < -0.39 is 0 Å². The average molecular weight is 175 g/mol. The zero-order valence-corrected chi connectivity index (χ0v) is 8.29. The van der Waals surface area contributed by atoms with E-state index in [4.69, 9.17) is 0 Å². The molecule has 2 rings (SSSR count). The molecule has 1 aliphatic carbocycles. The first kappa shape index (κ1) is 8.74. The van der Waals surface area contributed by atoms with Crippen LogP contribution in [-0.4, -0.2) is 4.98 Å². The van der Waals surface area contributed by atoms with Crippen molar-refractivity contribution in [1.29, 1.82) is 0 Å². The fraction of sp³-hybridized carbons (Fsp3) is 0.583. The zero-order chi connectivity index (χ0) is 9.15. The summed E-state index contributed by atoms with van der Waals surface area (Å²) in [6.45, 7) is 2.36. The minimum atomic E-state index is 0.361. The molecule has 0 aromatic carbocycles. The molecule has 0 aliphatic heterocycles. The minimum absolute atomic E-state index is 0.361. The first-order chi connectivity index (χ1) is 6.31. The lowest BCUT2D eigenvalue weighted by molar-refractivity contribution is 0.312. The van der Waals surface area contributed by atoms with Crippen LogP contribution in [0.1, 0.15) is 44.7 Å². The van der Waals surface area contributed by atoms with Crippen molar-refractivity contribution in [2.75, 3.05) is 0 Å². The van der Waals surface area contributed by atoms with E-state index >= 15 is 0 Å². The van der Waals surface area contributed by atoms with Crippen molar-refractivity contribution in [3.63, 3.8) is 0 Å². The second-order valence-electron chi connectivity index (χ2n) is 4.34. The highest BCUT2D eigenvalue weighted by molar-refractivity contribution is 5.16. The predicted octanol–water partition coefficient (Wildman–Crippen LogP) is 3.30. The quantitative estimate of drug-likeness (QED) is 0.638. The highest BCUT2D eigenvalue weighted by Crippen LogP contribution is 2.37. The number of rotatable bonds is 1. The van der Waals surface area contributed by atoms with Gasteiger partial charge < -0.3 is 0 Å². The number of pyridine rings is 1. The van der Waals surface area contributed by atoms with Crippen LogP contribution in [0.15, 0.2) is 24.4 Å². The highest BCUT2D eigenvalue weighted by atomic mass is 14.7. The normalized spacial score (nSPS) is 21.3. The molecule has 0 amide bonds. The van der Waals surface area contributed by atoms with E-state index in [0.29, 0.717) is 5.41 Å². The molecule has 0 spiro atoms. The molecule has 1 aromatic heterocycles. The van der Waals surface area contributed by atoms with Gasteiger partial charge in [-0.3, -0.25) is 4.98 Å². The summed E-state index contributed by atoms with van der Waals surface area (Å²) in [4.78, 5) is 4.47. The first-order valence-corrected chi connectivity index (χ1v) is 5.23. The van der Waals surface area contributed by atoms with Crippen LogP contribution in [0.5, 0.6) is 0 Å². The Kier molecular flexibility index (Phi) is 2.34. The number of aromatic nitrogens is 1. The van der Waals surface area contributed by atoms with Gasteiger partial charge in [-0.2, -0.15) is 0 Å². The summed E-state index contributed by atoms with van der Waals surface area (Å²) in [5.74, 6) is 0. The smallest absolute Gasteiger partial charge is 0.0462 e. The molecular formula is C12H17N. The second kappa shape index (κ2) is 3.49. The Balaban J connectivity index is 2.23. The fourth-order valence-electron chi connectivity index (χ4n) is 2.31. The fourth-order valence-corrected chi connectivity index (χ4v) is 2.31. The topological polar surface area (TPSA) is 12.9 Å². The lowest BCUT2D eigenvalue weighted by Gasteiger charge is -2.32. The van der Waals surface area contributed by atoms with Crippen LogP contribution in [0.4, 0.5) is 0 Å². The Morgan fingerprint density at radius 3 is 2.54 bits per heavy atom. The third-order valence-electron chi connectivity index (χ3n) is 3.24. The Morgan fingerprint density at radius 1 is 1.15 bits per heavy atom. The number of nitrogens with zero attached hydrogens (tertiary/aromatic N) is 1. The van der Waals surface area contributed by atoms with Crippen LogP contribution in [0.2, 0.25) is 0 Å². The summed E-state index contributed by atoms with van der Waals surface area (Å²) in [5, 5.41) is 0. The Bertz CT molecular complexity index is 260. The second-order valence-corrected chi connectivity index (χ2v) is 4.34. The maximum absolute atomic E-state index is 4.47. The summed E-state index contributed by atoms with van der Waals surface area (Å²) in [5.41, 5.74) is 1.65. The standard InChI is InChI=1S/C12H17N/c1-12(8-4-2-5-9-12)11-7-3-6-10-13-11/h3,6-7,10H,2,4-5,8-9H2,1H3. The molecule has 0 saturated heterocycles. The predicted molar refractivity (Wildman–Crippen MR) is 54.7 cm³/mol. The summed E-state index contributed by atoms with van der Waals surface area (Å²) < 4.78 is 0.